The van der Waals surface area contributed by atoms with Gasteiger partial charge in [0.1, 0.15) is 17.0 Å². The molecule has 3 aromatic rings. The first-order chi connectivity index (χ1) is 16.0. The number of nitrogens with zero attached hydrogens (tertiary/aromatic N) is 5. The van der Waals surface area contributed by atoms with E-state index in [0.717, 1.165) is 37.2 Å². The molecule has 0 amide bonds. The van der Waals surface area contributed by atoms with E-state index < -0.39 is 0 Å². The molecule has 0 saturated carbocycles. The van der Waals surface area contributed by atoms with Gasteiger partial charge in [-0.05, 0) is 62.1 Å². The van der Waals surface area contributed by atoms with Crippen molar-refractivity contribution in [3.05, 3.63) is 75.7 Å². The SMILES string of the molecule is CCCC(CN(CC)c1ccc(N=Nc2sc(C#N)c(C)c2C#N)c(C)c1)c1ccccc1. The molecule has 33 heavy (non-hydrogen) atoms. The van der Waals surface area contributed by atoms with Crippen molar-refractivity contribution in [1.29, 1.82) is 10.5 Å². The number of rotatable bonds is 9. The predicted octanol–water partition coefficient (Wildman–Crippen LogP) is 7.93. The molecule has 0 radical (unpaired) electrons. The van der Waals surface area contributed by atoms with Gasteiger partial charge in [-0.1, -0.05) is 43.7 Å². The first-order valence-electron chi connectivity index (χ1n) is 11.3. The van der Waals surface area contributed by atoms with Gasteiger partial charge in [0, 0.05) is 24.7 Å². The summed E-state index contributed by atoms with van der Waals surface area (Å²) >= 11 is 1.20. The maximum Gasteiger partial charge on any atom is 0.158 e. The van der Waals surface area contributed by atoms with Gasteiger partial charge < -0.3 is 4.90 Å². The van der Waals surface area contributed by atoms with Crippen molar-refractivity contribution in [2.75, 3.05) is 18.0 Å². The molecule has 6 heteroatoms. The number of anilines is 1. The van der Waals surface area contributed by atoms with Gasteiger partial charge in [0.25, 0.3) is 0 Å². The minimum atomic E-state index is 0.426. The van der Waals surface area contributed by atoms with Gasteiger partial charge in [-0.3, -0.25) is 0 Å². The lowest BCUT2D eigenvalue weighted by Gasteiger charge is -2.29. The van der Waals surface area contributed by atoms with Gasteiger partial charge >= 0.3 is 0 Å². The third kappa shape index (κ3) is 5.66. The topological polar surface area (TPSA) is 75.5 Å². The van der Waals surface area contributed by atoms with Crippen molar-refractivity contribution in [3.8, 4) is 12.1 Å². The minimum Gasteiger partial charge on any atom is -0.371 e. The van der Waals surface area contributed by atoms with E-state index in [1.165, 1.54) is 22.6 Å². The number of benzene rings is 2. The quantitative estimate of drug-likeness (QED) is 0.307. The Kier molecular flexibility index (Phi) is 8.35. The summed E-state index contributed by atoms with van der Waals surface area (Å²) in [5, 5.41) is 27.8. The molecule has 0 aliphatic heterocycles. The summed E-state index contributed by atoms with van der Waals surface area (Å²) in [7, 11) is 0. The monoisotopic (exact) mass is 455 g/mol. The normalized spacial score (nSPS) is 11.8. The molecule has 3 rings (SSSR count). The highest BCUT2D eigenvalue weighted by Crippen LogP contribution is 2.36. The molecule has 1 heterocycles. The zero-order valence-corrected chi connectivity index (χ0v) is 20.5. The van der Waals surface area contributed by atoms with Crippen LogP contribution in [0.2, 0.25) is 0 Å². The maximum absolute atomic E-state index is 9.42. The van der Waals surface area contributed by atoms with Crippen LogP contribution < -0.4 is 4.90 Å². The summed E-state index contributed by atoms with van der Waals surface area (Å²) < 4.78 is 0. The number of nitriles is 2. The average molecular weight is 456 g/mol. The fraction of sp³-hybridized carbons (Fsp3) is 0.333. The number of aryl methyl sites for hydroxylation is 1. The summed E-state index contributed by atoms with van der Waals surface area (Å²) in [6.45, 7) is 10.1. The second-order valence-corrected chi connectivity index (χ2v) is 9.06. The van der Waals surface area contributed by atoms with E-state index in [4.69, 9.17) is 0 Å². The van der Waals surface area contributed by atoms with E-state index in [2.05, 4.69) is 83.6 Å². The van der Waals surface area contributed by atoms with Crippen LogP contribution in [0.15, 0.2) is 58.8 Å². The van der Waals surface area contributed by atoms with Crippen molar-refractivity contribution < 1.29 is 0 Å². The van der Waals surface area contributed by atoms with Crippen LogP contribution in [-0.2, 0) is 0 Å². The molecule has 0 fully saturated rings. The van der Waals surface area contributed by atoms with E-state index in [1.54, 1.807) is 6.92 Å². The molecular weight excluding hydrogens is 426 g/mol. The van der Waals surface area contributed by atoms with Crippen molar-refractivity contribution in [2.45, 2.75) is 46.5 Å². The molecule has 0 saturated heterocycles. The van der Waals surface area contributed by atoms with Gasteiger partial charge in [0.2, 0.25) is 0 Å². The number of thiophene rings is 1. The van der Waals surface area contributed by atoms with Crippen LogP contribution in [0.25, 0.3) is 0 Å². The van der Waals surface area contributed by atoms with Gasteiger partial charge in [-0.2, -0.15) is 10.5 Å². The van der Waals surface area contributed by atoms with Gasteiger partial charge in [0.05, 0.1) is 11.3 Å². The molecule has 0 aliphatic rings. The van der Waals surface area contributed by atoms with Crippen LogP contribution >= 0.6 is 11.3 Å². The Labute approximate surface area is 200 Å². The third-order valence-corrected chi connectivity index (χ3v) is 6.95. The lowest BCUT2D eigenvalue weighted by atomic mass is 9.93. The Morgan fingerprint density at radius 1 is 1.00 bits per heavy atom. The molecule has 1 unspecified atom stereocenters. The number of hydrogen-bond donors (Lipinski definition) is 0. The zero-order chi connectivity index (χ0) is 23.8. The lowest BCUT2D eigenvalue weighted by molar-refractivity contribution is 0.594. The molecule has 0 N–H and O–H groups in total. The lowest BCUT2D eigenvalue weighted by Crippen LogP contribution is -2.28. The van der Waals surface area contributed by atoms with Crippen LogP contribution in [-0.4, -0.2) is 13.1 Å². The van der Waals surface area contributed by atoms with Crippen LogP contribution in [0.3, 0.4) is 0 Å². The molecule has 1 atom stereocenters. The number of azo groups is 1. The fourth-order valence-electron chi connectivity index (χ4n) is 3.97. The molecule has 0 spiro atoms. The van der Waals surface area contributed by atoms with E-state index in [9.17, 15) is 10.5 Å². The zero-order valence-electron chi connectivity index (χ0n) is 19.7. The molecule has 168 valence electrons. The Balaban J connectivity index is 1.82. The minimum absolute atomic E-state index is 0.426. The van der Waals surface area contributed by atoms with E-state index >= 15 is 0 Å². The van der Waals surface area contributed by atoms with Crippen LogP contribution in [0.1, 0.15) is 59.7 Å². The van der Waals surface area contributed by atoms with Gasteiger partial charge in [0.15, 0.2) is 5.00 Å². The van der Waals surface area contributed by atoms with Crippen molar-refractivity contribution >= 4 is 27.7 Å². The van der Waals surface area contributed by atoms with Crippen LogP contribution in [0, 0.1) is 36.5 Å². The second kappa shape index (κ2) is 11.4. The Hall–Kier alpha value is -3.48. The third-order valence-electron chi connectivity index (χ3n) is 5.87. The van der Waals surface area contributed by atoms with Crippen LogP contribution in [0.5, 0.6) is 0 Å². The first kappa shape index (κ1) is 24.2. The van der Waals surface area contributed by atoms with E-state index in [1.807, 2.05) is 13.0 Å². The number of hydrogen-bond acceptors (Lipinski definition) is 6. The molecule has 0 aliphatic carbocycles. The molecular formula is C27H29N5S. The molecule has 5 nitrogen and oxygen atoms in total. The van der Waals surface area contributed by atoms with E-state index in [0.29, 0.717) is 26.9 Å². The number of likely N-dealkylation sites (N-methyl/N-ethyl adjacent to an activating group) is 1. The largest absolute Gasteiger partial charge is 0.371 e. The average Bonchev–Trinajstić information content (AvgIpc) is 3.15. The van der Waals surface area contributed by atoms with Crippen molar-refractivity contribution in [1.82, 2.24) is 0 Å². The van der Waals surface area contributed by atoms with Crippen molar-refractivity contribution in [3.63, 3.8) is 0 Å². The molecule has 2 aromatic carbocycles. The standard InChI is InChI=1S/C27H29N5S/c1-5-10-22(21-11-8-7-9-12-21)18-32(6-2)23-13-14-25(19(3)15-23)30-31-27-24(16-28)20(4)26(17-29)33-27/h7-9,11-15,22H,5-6,10,18H2,1-4H3. The summed E-state index contributed by atoms with van der Waals surface area (Å²) in [6.07, 6.45) is 2.30. The van der Waals surface area contributed by atoms with E-state index in [-0.39, 0.29) is 0 Å². The summed E-state index contributed by atoms with van der Waals surface area (Å²) in [4.78, 5) is 2.92. The predicted molar refractivity (Wildman–Crippen MR) is 136 cm³/mol. The highest BCUT2D eigenvalue weighted by Gasteiger charge is 2.17. The Morgan fingerprint density at radius 2 is 1.76 bits per heavy atom. The highest BCUT2D eigenvalue weighted by molar-refractivity contribution is 7.16. The molecule has 1 aromatic heterocycles. The van der Waals surface area contributed by atoms with Gasteiger partial charge in [-0.15, -0.1) is 21.6 Å². The highest BCUT2D eigenvalue weighted by atomic mass is 32.1. The Bertz CT molecular complexity index is 1200. The van der Waals surface area contributed by atoms with Crippen LogP contribution in [0.4, 0.5) is 16.4 Å². The summed E-state index contributed by atoms with van der Waals surface area (Å²) in [6, 6.07) is 21.2. The fourth-order valence-corrected chi connectivity index (χ4v) is 4.85. The maximum atomic E-state index is 9.42. The second-order valence-electron chi connectivity index (χ2n) is 8.07. The smallest absolute Gasteiger partial charge is 0.158 e. The summed E-state index contributed by atoms with van der Waals surface area (Å²) in [5.74, 6) is 0.483. The van der Waals surface area contributed by atoms with Crippen molar-refractivity contribution in [2.24, 2.45) is 10.2 Å². The molecule has 0 bridgehead atoms. The first-order valence-corrected chi connectivity index (χ1v) is 12.1. The Morgan fingerprint density at radius 3 is 2.36 bits per heavy atom. The van der Waals surface area contributed by atoms with Gasteiger partial charge in [-0.25, -0.2) is 0 Å². The summed E-state index contributed by atoms with van der Waals surface area (Å²) in [5.41, 5.74) is 5.43.